The summed E-state index contributed by atoms with van der Waals surface area (Å²) in [7, 11) is 1.47. The fourth-order valence-electron chi connectivity index (χ4n) is 5.22. The summed E-state index contributed by atoms with van der Waals surface area (Å²) in [6.07, 6.45) is 2.17. The lowest BCUT2D eigenvalue weighted by molar-refractivity contribution is -0.145. The molecule has 5 rings (SSSR count). The normalized spacial score (nSPS) is 16.1. The molecule has 4 aromatic carbocycles. The quantitative estimate of drug-likeness (QED) is 0.273. The summed E-state index contributed by atoms with van der Waals surface area (Å²) in [5, 5.41) is 0. The number of benzene rings is 4. The Labute approximate surface area is 200 Å². The summed E-state index contributed by atoms with van der Waals surface area (Å²) in [6, 6.07) is 40.9. The summed E-state index contributed by atoms with van der Waals surface area (Å²) in [5.41, 5.74) is 4.61. The van der Waals surface area contributed by atoms with E-state index in [-0.39, 0.29) is 5.97 Å². The van der Waals surface area contributed by atoms with Gasteiger partial charge >= 0.3 is 5.97 Å². The summed E-state index contributed by atoms with van der Waals surface area (Å²) in [6.45, 7) is 0.600. The van der Waals surface area contributed by atoms with Gasteiger partial charge in [0.05, 0.1) is 12.6 Å². The van der Waals surface area contributed by atoms with Crippen LogP contribution in [0, 0.1) is 0 Å². The van der Waals surface area contributed by atoms with E-state index in [2.05, 4.69) is 95.9 Å². The molecule has 0 radical (unpaired) electrons. The highest BCUT2D eigenvalue weighted by atomic mass is 16.5. The molecule has 168 valence electrons. The third-order valence-corrected chi connectivity index (χ3v) is 6.65. The maximum atomic E-state index is 13.4. The van der Waals surface area contributed by atoms with Crippen LogP contribution in [0.3, 0.4) is 0 Å². The molecule has 0 saturated heterocycles. The second kappa shape index (κ2) is 9.50. The van der Waals surface area contributed by atoms with E-state index in [1.54, 1.807) is 0 Å². The monoisotopic (exact) mass is 445 g/mol. The molecule has 0 N–H and O–H groups in total. The largest absolute Gasteiger partial charge is 0.468 e. The Morgan fingerprint density at radius 2 is 1.12 bits per heavy atom. The summed E-state index contributed by atoms with van der Waals surface area (Å²) in [4.78, 5) is 15.7. The van der Waals surface area contributed by atoms with E-state index in [1.807, 2.05) is 36.4 Å². The summed E-state index contributed by atoms with van der Waals surface area (Å²) >= 11 is 0. The Kier molecular flexibility index (Phi) is 6.11. The number of hydrogen-bond acceptors (Lipinski definition) is 3. The summed E-state index contributed by atoms with van der Waals surface area (Å²) < 4.78 is 5.40. The molecule has 1 atom stereocenters. The van der Waals surface area contributed by atoms with Crippen molar-refractivity contribution in [2.24, 2.45) is 0 Å². The lowest BCUT2D eigenvalue weighted by Gasteiger charge is -2.46. The van der Waals surface area contributed by atoms with Crippen LogP contribution in [0.5, 0.6) is 0 Å². The Morgan fingerprint density at radius 3 is 1.53 bits per heavy atom. The molecule has 0 bridgehead atoms. The van der Waals surface area contributed by atoms with Crippen LogP contribution in [0.15, 0.2) is 127 Å². The number of ether oxygens (including phenoxy) is 1. The Hall–Kier alpha value is -3.95. The highest BCUT2D eigenvalue weighted by Crippen LogP contribution is 2.47. The molecule has 0 saturated carbocycles. The lowest BCUT2D eigenvalue weighted by Crippen LogP contribution is -2.54. The number of rotatable bonds is 6. The molecule has 34 heavy (non-hydrogen) atoms. The van der Waals surface area contributed by atoms with Crippen molar-refractivity contribution in [1.82, 2.24) is 4.90 Å². The molecule has 1 heterocycles. The van der Waals surface area contributed by atoms with E-state index >= 15 is 0 Å². The van der Waals surface area contributed by atoms with E-state index in [0.29, 0.717) is 6.54 Å². The van der Waals surface area contributed by atoms with Gasteiger partial charge in [0.2, 0.25) is 0 Å². The van der Waals surface area contributed by atoms with Crippen molar-refractivity contribution in [3.05, 3.63) is 150 Å². The van der Waals surface area contributed by atoms with Gasteiger partial charge in [0.1, 0.15) is 6.04 Å². The van der Waals surface area contributed by atoms with Crippen molar-refractivity contribution in [3.8, 4) is 0 Å². The van der Waals surface area contributed by atoms with Crippen LogP contribution >= 0.6 is 0 Å². The van der Waals surface area contributed by atoms with Crippen LogP contribution in [0.4, 0.5) is 0 Å². The van der Waals surface area contributed by atoms with Crippen molar-refractivity contribution in [2.45, 2.75) is 11.6 Å². The average molecular weight is 446 g/mol. The zero-order valence-electron chi connectivity index (χ0n) is 19.2. The Balaban J connectivity index is 1.80. The molecule has 0 fully saturated rings. The molecule has 3 heteroatoms. The zero-order valence-corrected chi connectivity index (χ0v) is 19.2. The molecule has 0 spiro atoms. The predicted molar refractivity (Wildman–Crippen MR) is 136 cm³/mol. The van der Waals surface area contributed by atoms with E-state index in [1.165, 1.54) is 7.11 Å². The first kappa shape index (κ1) is 21.9. The molecule has 3 nitrogen and oxygen atoms in total. The maximum Gasteiger partial charge on any atom is 0.327 e. The predicted octanol–water partition coefficient (Wildman–Crippen LogP) is 5.92. The highest BCUT2D eigenvalue weighted by molar-refractivity contribution is 5.94. The first-order valence-corrected chi connectivity index (χ1v) is 11.5. The van der Waals surface area contributed by atoms with Crippen LogP contribution < -0.4 is 0 Å². The second-order valence-electron chi connectivity index (χ2n) is 8.41. The SMILES string of the molecule is COC(=O)[C@@H]1C(c2ccccc2)=CCN1C(c1ccccc1)(c1ccccc1)c1ccccc1. The van der Waals surface area contributed by atoms with Gasteiger partial charge in [0, 0.05) is 6.54 Å². The zero-order chi connectivity index (χ0) is 23.4. The van der Waals surface area contributed by atoms with Gasteiger partial charge in [-0.2, -0.15) is 0 Å². The van der Waals surface area contributed by atoms with Crippen LogP contribution in [-0.4, -0.2) is 30.6 Å². The number of esters is 1. The van der Waals surface area contributed by atoms with Gasteiger partial charge in [0.15, 0.2) is 0 Å². The molecule has 1 aliphatic rings. The van der Waals surface area contributed by atoms with Gasteiger partial charge in [-0.3, -0.25) is 4.90 Å². The molecule has 0 amide bonds. The van der Waals surface area contributed by atoms with Gasteiger partial charge in [-0.15, -0.1) is 0 Å². The topological polar surface area (TPSA) is 29.5 Å². The van der Waals surface area contributed by atoms with Crippen molar-refractivity contribution in [2.75, 3.05) is 13.7 Å². The van der Waals surface area contributed by atoms with Crippen LogP contribution in [0.25, 0.3) is 5.57 Å². The minimum absolute atomic E-state index is 0.264. The first-order valence-electron chi connectivity index (χ1n) is 11.5. The molecule has 4 aromatic rings. The van der Waals surface area contributed by atoms with Gasteiger partial charge in [0.25, 0.3) is 0 Å². The third-order valence-electron chi connectivity index (χ3n) is 6.65. The van der Waals surface area contributed by atoms with Gasteiger partial charge in [-0.25, -0.2) is 4.79 Å². The molecular formula is C31H27NO2. The van der Waals surface area contributed by atoms with Gasteiger partial charge in [-0.1, -0.05) is 127 Å². The van der Waals surface area contributed by atoms with Gasteiger partial charge in [-0.05, 0) is 27.8 Å². The van der Waals surface area contributed by atoms with Crippen LogP contribution in [0.1, 0.15) is 22.3 Å². The van der Waals surface area contributed by atoms with E-state index in [4.69, 9.17) is 4.74 Å². The molecule has 0 aromatic heterocycles. The first-order chi connectivity index (χ1) is 16.8. The average Bonchev–Trinajstić information content (AvgIpc) is 3.36. The van der Waals surface area contributed by atoms with Crippen molar-refractivity contribution in [1.29, 1.82) is 0 Å². The fourth-order valence-corrected chi connectivity index (χ4v) is 5.22. The smallest absolute Gasteiger partial charge is 0.327 e. The molecular weight excluding hydrogens is 418 g/mol. The summed E-state index contributed by atoms with van der Waals surface area (Å²) in [5.74, 6) is -0.264. The maximum absolute atomic E-state index is 13.4. The van der Waals surface area contributed by atoms with Crippen LogP contribution in [0.2, 0.25) is 0 Å². The van der Waals surface area contributed by atoms with E-state index < -0.39 is 11.6 Å². The standard InChI is InChI=1S/C31H27NO2/c1-34-30(33)29-28(24-14-6-2-7-15-24)22-23-32(29)31(25-16-8-3-9-17-25,26-18-10-4-11-19-26)27-20-12-5-13-21-27/h2-22,29H,23H2,1H3/t29-/m0/s1. The van der Waals surface area contributed by atoms with Gasteiger partial charge < -0.3 is 4.74 Å². The van der Waals surface area contributed by atoms with Crippen molar-refractivity contribution >= 4 is 11.5 Å². The van der Waals surface area contributed by atoms with Crippen molar-refractivity contribution in [3.63, 3.8) is 0 Å². The minimum atomic E-state index is -0.699. The van der Waals surface area contributed by atoms with Crippen LogP contribution in [-0.2, 0) is 15.1 Å². The number of hydrogen-bond donors (Lipinski definition) is 0. The lowest BCUT2D eigenvalue weighted by atomic mass is 9.74. The Bertz CT molecular complexity index is 1170. The fraction of sp³-hybridized carbons (Fsp3) is 0.129. The highest BCUT2D eigenvalue weighted by Gasteiger charge is 2.50. The number of carbonyl (C=O) groups is 1. The molecule has 0 aliphatic carbocycles. The minimum Gasteiger partial charge on any atom is -0.468 e. The van der Waals surface area contributed by atoms with Crippen molar-refractivity contribution < 1.29 is 9.53 Å². The molecule has 0 unspecified atom stereocenters. The van der Waals surface area contributed by atoms with E-state index in [0.717, 1.165) is 27.8 Å². The van der Waals surface area contributed by atoms with E-state index in [9.17, 15) is 4.79 Å². The molecule has 1 aliphatic heterocycles. The second-order valence-corrected chi connectivity index (χ2v) is 8.41. The number of nitrogens with zero attached hydrogens (tertiary/aromatic N) is 1. The number of methoxy groups -OCH3 is 1. The number of carbonyl (C=O) groups excluding carboxylic acids is 1. The Morgan fingerprint density at radius 1 is 0.706 bits per heavy atom. The third kappa shape index (κ3) is 3.64.